The Morgan fingerprint density at radius 1 is 1.29 bits per heavy atom. The molecule has 1 rings (SSSR count). The molecule has 1 aromatic carbocycles. The highest BCUT2D eigenvalue weighted by Gasteiger charge is 2.08. The highest BCUT2D eigenvalue weighted by Crippen LogP contribution is 2.21. The van der Waals surface area contributed by atoms with E-state index in [9.17, 15) is 4.79 Å². The van der Waals surface area contributed by atoms with Crippen LogP contribution in [0, 0.1) is 20.8 Å². The van der Waals surface area contributed by atoms with Crippen LogP contribution in [-0.2, 0) is 9.53 Å². The zero-order valence-corrected chi connectivity index (χ0v) is 10.5. The van der Waals surface area contributed by atoms with Gasteiger partial charge >= 0.3 is 0 Å². The normalized spacial score (nSPS) is 10.4. The Bertz CT molecular complexity index is 379. The van der Waals surface area contributed by atoms with Gasteiger partial charge in [-0.3, -0.25) is 4.79 Å². The fraction of sp³-hybridized carbons (Fsp3) is 0.462. The lowest BCUT2D eigenvalue weighted by Crippen LogP contribution is -2.20. The molecule has 2 N–H and O–H groups in total. The van der Waals surface area contributed by atoms with E-state index in [0.29, 0.717) is 0 Å². The third-order valence-corrected chi connectivity index (χ3v) is 2.41. The molecule has 0 atom stereocenters. The Labute approximate surface area is 102 Å². The Hall–Kier alpha value is -1.39. The van der Waals surface area contributed by atoms with Crippen molar-refractivity contribution >= 4 is 11.6 Å². The molecule has 0 bridgehead atoms. The van der Waals surface area contributed by atoms with Gasteiger partial charge in [-0.2, -0.15) is 0 Å². The van der Waals surface area contributed by atoms with Gasteiger partial charge in [0, 0.05) is 5.69 Å². The van der Waals surface area contributed by atoms with Crippen LogP contribution in [0.15, 0.2) is 12.1 Å². The zero-order chi connectivity index (χ0) is 12.8. The maximum absolute atomic E-state index is 11.6. The molecule has 0 heterocycles. The van der Waals surface area contributed by atoms with E-state index < -0.39 is 0 Å². The number of anilines is 1. The topological polar surface area (TPSA) is 58.6 Å². The maximum Gasteiger partial charge on any atom is 0.250 e. The van der Waals surface area contributed by atoms with Gasteiger partial charge in [-0.1, -0.05) is 17.7 Å². The number of aliphatic hydroxyl groups excluding tert-OH is 1. The van der Waals surface area contributed by atoms with Crippen molar-refractivity contribution in [3.8, 4) is 0 Å². The van der Waals surface area contributed by atoms with Gasteiger partial charge in [0.15, 0.2) is 0 Å². The van der Waals surface area contributed by atoms with Gasteiger partial charge < -0.3 is 15.2 Å². The molecular formula is C13H19NO3. The average Bonchev–Trinajstić information content (AvgIpc) is 2.24. The number of hydrogen-bond donors (Lipinski definition) is 2. The lowest BCUT2D eigenvalue weighted by molar-refractivity contribution is -0.120. The van der Waals surface area contributed by atoms with E-state index in [0.717, 1.165) is 16.8 Å². The number of amides is 1. The predicted octanol–water partition coefficient (Wildman–Crippen LogP) is 1.56. The second-order valence-electron chi connectivity index (χ2n) is 4.10. The van der Waals surface area contributed by atoms with E-state index in [-0.39, 0.29) is 25.7 Å². The quantitative estimate of drug-likeness (QED) is 0.764. The highest BCUT2D eigenvalue weighted by molar-refractivity contribution is 5.93. The van der Waals surface area contributed by atoms with Crippen molar-refractivity contribution in [2.45, 2.75) is 20.8 Å². The van der Waals surface area contributed by atoms with Crippen LogP contribution in [-0.4, -0.2) is 30.8 Å². The Kier molecular flexibility index (Phi) is 5.12. The number of carbonyl (C=O) groups is 1. The number of nitrogens with one attached hydrogen (secondary N) is 1. The summed E-state index contributed by atoms with van der Waals surface area (Å²) in [6, 6.07) is 4.05. The second kappa shape index (κ2) is 6.37. The largest absolute Gasteiger partial charge is 0.394 e. The summed E-state index contributed by atoms with van der Waals surface area (Å²) in [7, 11) is 0. The molecular weight excluding hydrogens is 218 g/mol. The van der Waals surface area contributed by atoms with Crippen LogP contribution in [0.4, 0.5) is 5.69 Å². The number of carbonyl (C=O) groups excluding carboxylic acids is 1. The van der Waals surface area contributed by atoms with Gasteiger partial charge in [-0.15, -0.1) is 0 Å². The molecule has 1 aromatic rings. The summed E-state index contributed by atoms with van der Waals surface area (Å²) in [5, 5.41) is 11.3. The zero-order valence-electron chi connectivity index (χ0n) is 10.5. The number of hydrogen-bond acceptors (Lipinski definition) is 3. The lowest BCUT2D eigenvalue weighted by Gasteiger charge is -2.12. The first kappa shape index (κ1) is 13.7. The van der Waals surface area contributed by atoms with Crippen LogP contribution >= 0.6 is 0 Å². The first-order valence-corrected chi connectivity index (χ1v) is 5.61. The summed E-state index contributed by atoms with van der Waals surface area (Å²) in [5.41, 5.74) is 4.10. The third kappa shape index (κ3) is 4.17. The third-order valence-electron chi connectivity index (χ3n) is 2.41. The molecule has 17 heavy (non-hydrogen) atoms. The molecule has 1 amide bonds. The lowest BCUT2D eigenvalue weighted by atomic mass is 10.1. The number of rotatable bonds is 5. The van der Waals surface area contributed by atoms with Crippen molar-refractivity contribution in [1.29, 1.82) is 0 Å². The van der Waals surface area contributed by atoms with Crippen molar-refractivity contribution in [2.75, 3.05) is 25.1 Å². The van der Waals surface area contributed by atoms with Crippen molar-refractivity contribution in [3.05, 3.63) is 28.8 Å². The van der Waals surface area contributed by atoms with E-state index in [1.807, 2.05) is 32.9 Å². The fourth-order valence-electron chi connectivity index (χ4n) is 1.78. The second-order valence-corrected chi connectivity index (χ2v) is 4.10. The van der Waals surface area contributed by atoms with E-state index >= 15 is 0 Å². The summed E-state index contributed by atoms with van der Waals surface area (Å²) < 4.78 is 4.96. The minimum Gasteiger partial charge on any atom is -0.394 e. The van der Waals surface area contributed by atoms with Crippen molar-refractivity contribution in [3.63, 3.8) is 0 Å². The standard InChI is InChI=1S/C13H19NO3/c1-9-6-10(2)13(11(3)7-9)14-12(16)8-17-5-4-15/h6-7,15H,4-5,8H2,1-3H3,(H,14,16). The molecule has 4 nitrogen and oxygen atoms in total. The Balaban J connectivity index is 2.65. The summed E-state index contributed by atoms with van der Waals surface area (Å²) in [4.78, 5) is 11.6. The molecule has 0 aromatic heterocycles. The number of benzene rings is 1. The van der Waals surface area contributed by atoms with E-state index in [2.05, 4.69) is 5.32 Å². The Morgan fingerprint density at radius 2 is 1.88 bits per heavy atom. The van der Waals surface area contributed by atoms with Gasteiger partial charge in [0.1, 0.15) is 6.61 Å². The molecule has 0 saturated carbocycles. The molecule has 0 radical (unpaired) electrons. The minimum absolute atomic E-state index is 0.0344. The summed E-state index contributed by atoms with van der Waals surface area (Å²) in [6.07, 6.45) is 0. The van der Waals surface area contributed by atoms with Crippen LogP contribution in [0.25, 0.3) is 0 Å². The molecule has 0 spiro atoms. The fourth-order valence-corrected chi connectivity index (χ4v) is 1.78. The molecule has 0 aliphatic heterocycles. The molecule has 0 saturated heterocycles. The first-order chi connectivity index (χ1) is 8.04. The van der Waals surface area contributed by atoms with E-state index in [4.69, 9.17) is 9.84 Å². The molecule has 0 aliphatic carbocycles. The van der Waals surface area contributed by atoms with Gasteiger partial charge in [0.2, 0.25) is 5.91 Å². The van der Waals surface area contributed by atoms with Crippen LogP contribution < -0.4 is 5.32 Å². The van der Waals surface area contributed by atoms with Crippen molar-refractivity contribution in [2.24, 2.45) is 0 Å². The SMILES string of the molecule is Cc1cc(C)c(NC(=O)COCCO)c(C)c1. The minimum atomic E-state index is -0.200. The summed E-state index contributed by atoms with van der Waals surface area (Å²) in [5.74, 6) is -0.200. The molecule has 4 heteroatoms. The first-order valence-electron chi connectivity index (χ1n) is 5.61. The average molecular weight is 237 g/mol. The van der Waals surface area contributed by atoms with Crippen LogP contribution in [0.1, 0.15) is 16.7 Å². The van der Waals surface area contributed by atoms with Gasteiger partial charge in [-0.25, -0.2) is 0 Å². The van der Waals surface area contributed by atoms with Crippen LogP contribution in [0.2, 0.25) is 0 Å². The van der Waals surface area contributed by atoms with Gasteiger partial charge in [-0.05, 0) is 31.9 Å². The number of aliphatic hydroxyl groups is 1. The van der Waals surface area contributed by atoms with Gasteiger partial charge in [0.05, 0.1) is 13.2 Å². The number of ether oxygens (including phenoxy) is 1. The van der Waals surface area contributed by atoms with Crippen LogP contribution in [0.5, 0.6) is 0 Å². The van der Waals surface area contributed by atoms with Crippen molar-refractivity contribution < 1.29 is 14.6 Å². The van der Waals surface area contributed by atoms with E-state index in [1.165, 1.54) is 5.56 Å². The monoisotopic (exact) mass is 237 g/mol. The summed E-state index contributed by atoms with van der Waals surface area (Å²) in [6.45, 7) is 6.02. The van der Waals surface area contributed by atoms with Crippen molar-refractivity contribution in [1.82, 2.24) is 0 Å². The predicted molar refractivity (Wildman–Crippen MR) is 67.2 cm³/mol. The maximum atomic E-state index is 11.6. The molecule has 94 valence electrons. The molecule has 0 fully saturated rings. The Morgan fingerprint density at radius 3 is 2.41 bits per heavy atom. The van der Waals surface area contributed by atoms with E-state index in [1.54, 1.807) is 0 Å². The highest BCUT2D eigenvalue weighted by atomic mass is 16.5. The van der Waals surface area contributed by atoms with Gasteiger partial charge in [0.25, 0.3) is 0 Å². The van der Waals surface area contributed by atoms with Crippen LogP contribution in [0.3, 0.4) is 0 Å². The molecule has 0 aliphatic rings. The summed E-state index contributed by atoms with van der Waals surface area (Å²) >= 11 is 0. The smallest absolute Gasteiger partial charge is 0.250 e. The number of aryl methyl sites for hydroxylation is 3. The molecule has 0 unspecified atom stereocenters.